The van der Waals surface area contributed by atoms with Crippen molar-refractivity contribution < 1.29 is 22.7 Å². The molecular weight excluding hydrogens is 570 g/mol. The van der Waals surface area contributed by atoms with Crippen LogP contribution in [0.3, 0.4) is 0 Å². The number of benzene rings is 1. The van der Waals surface area contributed by atoms with Gasteiger partial charge in [-0.2, -0.15) is 0 Å². The molecule has 2 saturated carbocycles. The maximum Gasteiger partial charge on any atom is 0.319 e. The summed E-state index contributed by atoms with van der Waals surface area (Å²) in [6.07, 6.45) is 3.94. The predicted molar refractivity (Wildman–Crippen MR) is 161 cm³/mol. The third-order valence-corrected chi connectivity index (χ3v) is 10.8. The number of urea groups is 1. The largest absolute Gasteiger partial charge is 0.377 e. The van der Waals surface area contributed by atoms with E-state index < -0.39 is 26.5 Å². The van der Waals surface area contributed by atoms with Crippen molar-refractivity contribution in [2.24, 2.45) is 5.73 Å². The lowest BCUT2D eigenvalue weighted by Crippen LogP contribution is -2.44. The molecule has 3 aliphatic rings. The smallest absolute Gasteiger partial charge is 0.319 e. The van der Waals surface area contributed by atoms with Gasteiger partial charge in [0, 0.05) is 50.2 Å². The molecule has 3 aromatic rings. The van der Waals surface area contributed by atoms with Crippen molar-refractivity contribution in [3.05, 3.63) is 60.0 Å². The highest BCUT2D eigenvalue weighted by Crippen LogP contribution is 2.55. The quantitative estimate of drug-likeness (QED) is 0.408. The highest BCUT2D eigenvalue weighted by atomic mass is 32.2. The van der Waals surface area contributed by atoms with Crippen LogP contribution in [0.2, 0.25) is 0 Å². The second-order valence-corrected chi connectivity index (χ2v) is 13.8. The van der Waals surface area contributed by atoms with Gasteiger partial charge in [0.1, 0.15) is 16.3 Å². The Morgan fingerprint density at radius 2 is 1.81 bits per heavy atom. The number of morpholine rings is 1. The van der Waals surface area contributed by atoms with E-state index >= 15 is 0 Å². The maximum atomic E-state index is 14.4. The third kappa shape index (κ3) is 5.20. The first-order valence-corrected chi connectivity index (χ1v) is 15.9. The van der Waals surface area contributed by atoms with E-state index in [0.717, 1.165) is 12.8 Å². The summed E-state index contributed by atoms with van der Waals surface area (Å²) in [7, 11) is -0.959. The molecule has 2 N–H and O–H groups in total. The predicted octanol–water partition coefficient (Wildman–Crippen LogP) is 2.98. The Morgan fingerprint density at radius 3 is 2.42 bits per heavy atom. The number of hydrogen-bond acceptors (Lipinski definition) is 9. The molecule has 1 aromatic carbocycles. The Bertz CT molecular complexity index is 1670. The molecule has 0 radical (unpaired) electrons. The lowest BCUT2D eigenvalue weighted by molar-refractivity contribution is 0.0817. The van der Waals surface area contributed by atoms with Gasteiger partial charge < -0.3 is 20.3 Å². The van der Waals surface area contributed by atoms with Crippen molar-refractivity contribution in [2.45, 2.75) is 54.3 Å². The molecule has 3 fully saturated rings. The van der Waals surface area contributed by atoms with Gasteiger partial charge in [-0.1, -0.05) is 0 Å². The van der Waals surface area contributed by atoms with Crippen LogP contribution in [-0.4, -0.2) is 86.1 Å². The van der Waals surface area contributed by atoms with Gasteiger partial charge in [0.2, 0.25) is 0 Å². The van der Waals surface area contributed by atoms with Crippen LogP contribution < -0.4 is 15.5 Å². The van der Waals surface area contributed by atoms with Crippen LogP contribution in [-0.2, 0) is 19.3 Å². The van der Waals surface area contributed by atoms with Crippen molar-refractivity contribution in [1.82, 2.24) is 19.9 Å². The number of primary amides is 1. The van der Waals surface area contributed by atoms with Crippen molar-refractivity contribution in [1.29, 1.82) is 0 Å². The lowest BCUT2D eigenvalue weighted by Gasteiger charge is -2.34. The molecule has 1 aliphatic heterocycles. The second kappa shape index (κ2) is 10.9. The molecular formula is C30H35N7O5S. The molecule has 43 heavy (non-hydrogen) atoms. The van der Waals surface area contributed by atoms with Crippen LogP contribution in [0.1, 0.15) is 48.8 Å². The standard InChI is InChI=1S/C30H35N7O5S/c1-19-18-42-16-15-36(19)25-17-24(30(12-13-30)43(40,41)23-5-4-14-32-26(23)28(38)35(2)3)33-27(34-25)20-6-8-21(9-7-20)37(29(31)39)22-10-11-22/h4-9,14,17,19,22H,10-13,15-16,18H2,1-3H3,(H2,31,39)/t19-/m0/s1. The van der Waals surface area contributed by atoms with Gasteiger partial charge in [0.05, 0.1) is 29.8 Å². The highest BCUT2D eigenvalue weighted by molar-refractivity contribution is 7.92. The minimum atomic E-state index is -4.08. The van der Waals surface area contributed by atoms with E-state index in [-0.39, 0.29) is 22.7 Å². The summed E-state index contributed by atoms with van der Waals surface area (Å²) in [5.74, 6) is 0.485. The van der Waals surface area contributed by atoms with Crippen LogP contribution in [0.25, 0.3) is 11.4 Å². The lowest BCUT2D eigenvalue weighted by atomic mass is 10.1. The van der Waals surface area contributed by atoms with E-state index in [0.29, 0.717) is 61.2 Å². The van der Waals surface area contributed by atoms with Gasteiger partial charge in [0.15, 0.2) is 15.7 Å². The van der Waals surface area contributed by atoms with Gasteiger partial charge >= 0.3 is 6.03 Å². The molecule has 2 aromatic heterocycles. The van der Waals surface area contributed by atoms with Crippen LogP contribution in [0.5, 0.6) is 0 Å². The topological polar surface area (TPSA) is 152 Å². The molecule has 0 bridgehead atoms. The van der Waals surface area contributed by atoms with Gasteiger partial charge in [-0.15, -0.1) is 0 Å². The van der Waals surface area contributed by atoms with Gasteiger partial charge in [-0.25, -0.2) is 28.2 Å². The summed E-state index contributed by atoms with van der Waals surface area (Å²) in [5.41, 5.74) is 7.27. The highest BCUT2D eigenvalue weighted by Gasteiger charge is 2.59. The number of nitrogens with zero attached hydrogens (tertiary/aromatic N) is 6. The van der Waals surface area contributed by atoms with Crippen molar-refractivity contribution in [3.8, 4) is 11.4 Å². The molecule has 3 heterocycles. The number of ether oxygens (including phenoxy) is 1. The first-order chi connectivity index (χ1) is 20.5. The Kier molecular flexibility index (Phi) is 7.33. The van der Waals surface area contributed by atoms with E-state index in [2.05, 4.69) is 9.88 Å². The van der Waals surface area contributed by atoms with Crippen molar-refractivity contribution >= 4 is 33.3 Å². The monoisotopic (exact) mass is 605 g/mol. The fraction of sp³-hybridized carbons (Fsp3) is 0.433. The number of nitrogens with two attached hydrogens (primary N) is 1. The van der Waals surface area contributed by atoms with E-state index in [1.165, 1.54) is 23.2 Å². The summed E-state index contributed by atoms with van der Waals surface area (Å²) in [6.45, 7) is 3.66. The van der Waals surface area contributed by atoms with Crippen molar-refractivity contribution in [2.75, 3.05) is 43.7 Å². The average molecular weight is 606 g/mol. The SMILES string of the molecule is C[C@H]1COCCN1c1cc(C2(S(=O)(=O)c3cccnc3C(=O)N(C)C)CC2)nc(-c2ccc(N(C(N)=O)C3CC3)cc2)n1. The molecule has 3 amide bonds. The number of sulfone groups is 1. The molecule has 0 unspecified atom stereocenters. The van der Waals surface area contributed by atoms with Crippen LogP contribution in [0.15, 0.2) is 53.6 Å². The summed E-state index contributed by atoms with van der Waals surface area (Å²) in [5, 5.41) is 0. The number of amides is 3. The number of rotatable bonds is 8. The molecule has 2 aliphatic carbocycles. The summed E-state index contributed by atoms with van der Waals surface area (Å²) in [6, 6.07) is 11.6. The summed E-state index contributed by atoms with van der Waals surface area (Å²) >= 11 is 0. The molecule has 13 heteroatoms. The van der Waals surface area contributed by atoms with E-state index in [1.54, 1.807) is 25.1 Å². The molecule has 12 nitrogen and oxygen atoms in total. The van der Waals surface area contributed by atoms with Crippen LogP contribution in [0.4, 0.5) is 16.3 Å². The molecule has 226 valence electrons. The molecule has 1 saturated heterocycles. The van der Waals surface area contributed by atoms with Gasteiger partial charge in [-0.3, -0.25) is 9.69 Å². The van der Waals surface area contributed by atoms with E-state index in [4.69, 9.17) is 20.4 Å². The second-order valence-electron chi connectivity index (χ2n) is 11.6. The average Bonchev–Trinajstić information content (AvgIpc) is 3.92. The fourth-order valence-electron chi connectivity index (χ4n) is 5.60. The first kappa shape index (κ1) is 29.0. The third-order valence-electron chi connectivity index (χ3n) is 8.28. The number of carbonyl (C=O) groups is 2. The van der Waals surface area contributed by atoms with Gasteiger partial charge in [-0.05, 0) is 69.0 Å². The zero-order chi connectivity index (χ0) is 30.5. The number of pyridine rings is 1. The first-order valence-electron chi connectivity index (χ1n) is 14.4. The van der Waals surface area contributed by atoms with Crippen LogP contribution >= 0.6 is 0 Å². The molecule has 6 rings (SSSR count). The molecule has 1 atom stereocenters. The molecule has 0 spiro atoms. The maximum absolute atomic E-state index is 14.4. The Balaban J connectivity index is 1.45. The zero-order valence-corrected chi connectivity index (χ0v) is 25.2. The summed E-state index contributed by atoms with van der Waals surface area (Å²) < 4.78 is 33.0. The summed E-state index contributed by atoms with van der Waals surface area (Å²) in [4.78, 5) is 43.8. The number of carbonyl (C=O) groups excluding carboxylic acids is 2. The van der Waals surface area contributed by atoms with E-state index in [1.807, 2.05) is 31.2 Å². The zero-order valence-electron chi connectivity index (χ0n) is 24.4. The number of anilines is 2. The van der Waals surface area contributed by atoms with E-state index in [9.17, 15) is 18.0 Å². The normalized spacial score (nSPS) is 19.5. The number of hydrogen-bond donors (Lipinski definition) is 1. The Labute approximate surface area is 250 Å². The van der Waals surface area contributed by atoms with Crippen molar-refractivity contribution in [3.63, 3.8) is 0 Å². The Hall–Kier alpha value is -4.10. The van der Waals surface area contributed by atoms with Crippen LogP contribution in [0, 0.1) is 0 Å². The number of aromatic nitrogens is 3. The fourth-order valence-corrected chi connectivity index (χ4v) is 7.69. The minimum Gasteiger partial charge on any atom is -0.377 e. The minimum absolute atomic E-state index is 0.0174. The Morgan fingerprint density at radius 1 is 1.09 bits per heavy atom. The van der Waals surface area contributed by atoms with Gasteiger partial charge in [0.25, 0.3) is 5.91 Å².